The number of hydrogen-bond donors (Lipinski definition) is 1. The molecule has 0 saturated carbocycles. The third-order valence-electron chi connectivity index (χ3n) is 3.01. The number of nitrogens with one attached hydrogen (secondary N) is 1. The second-order valence-corrected chi connectivity index (χ2v) is 4.74. The third-order valence-corrected chi connectivity index (χ3v) is 3.01. The Kier molecular flexibility index (Phi) is 5.99. The molecule has 17 heavy (non-hydrogen) atoms. The van der Waals surface area contributed by atoms with Gasteiger partial charge in [-0.25, -0.2) is 0 Å². The minimum atomic E-state index is 1.08. The van der Waals surface area contributed by atoms with Crippen LogP contribution >= 0.6 is 0 Å². The van der Waals surface area contributed by atoms with Crippen LogP contribution in [0, 0.1) is 13.8 Å². The lowest BCUT2D eigenvalue weighted by Crippen LogP contribution is -2.15. The summed E-state index contributed by atoms with van der Waals surface area (Å²) in [7, 11) is 0. The maximum atomic E-state index is 3.42. The van der Waals surface area contributed by atoms with E-state index in [9.17, 15) is 0 Å². The quantitative estimate of drug-likeness (QED) is 0.727. The summed E-state index contributed by atoms with van der Waals surface area (Å²) in [5.41, 5.74) is 5.48. The fourth-order valence-corrected chi connectivity index (χ4v) is 2.06. The van der Waals surface area contributed by atoms with Gasteiger partial charge in [-0.1, -0.05) is 36.8 Å². The van der Waals surface area contributed by atoms with Crippen LogP contribution in [-0.2, 0) is 0 Å². The van der Waals surface area contributed by atoms with Crippen LogP contribution in [0.5, 0.6) is 0 Å². The molecular weight excluding hydrogens is 206 g/mol. The van der Waals surface area contributed by atoms with E-state index in [2.05, 4.69) is 57.3 Å². The van der Waals surface area contributed by atoms with Crippen molar-refractivity contribution in [2.24, 2.45) is 0 Å². The molecule has 0 aliphatic heterocycles. The monoisotopic (exact) mass is 231 g/mol. The van der Waals surface area contributed by atoms with Crippen LogP contribution in [-0.4, -0.2) is 13.1 Å². The van der Waals surface area contributed by atoms with E-state index in [1.165, 1.54) is 28.7 Å². The minimum absolute atomic E-state index is 1.08. The molecule has 0 spiro atoms. The first-order valence-corrected chi connectivity index (χ1v) is 6.60. The summed E-state index contributed by atoms with van der Waals surface area (Å²) in [6.07, 6.45) is 4.65. The van der Waals surface area contributed by atoms with Crippen molar-refractivity contribution >= 4 is 5.57 Å². The van der Waals surface area contributed by atoms with E-state index in [-0.39, 0.29) is 0 Å². The van der Waals surface area contributed by atoms with Crippen molar-refractivity contribution < 1.29 is 0 Å². The van der Waals surface area contributed by atoms with Gasteiger partial charge >= 0.3 is 0 Å². The number of rotatable bonds is 6. The van der Waals surface area contributed by atoms with Gasteiger partial charge in [0.05, 0.1) is 0 Å². The number of benzene rings is 1. The maximum absolute atomic E-state index is 3.42. The van der Waals surface area contributed by atoms with Gasteiger partial charge in [0.25, 0.3) is 0 Å². The van der Waals surface area contributed by atoms with Crippen molar-refractivity contribution in [3.63, 3.8) is 0 Å². The predicted octanol–water partition coefficient (Wildman–Crippen LogP) is 4.10. The second kappa shape index (κ2) is 7.29. The number of allylic oxidation sites excluding steroid dienone is 1. The van der Waals surface area contributed by atoms with Crippen LogP contribution in [0.4, 0.5) is 0 Å². The molecule has 0 radical (unpaired) electrons. The van der Waals surface area contributed by atoms with Crippen molar-refractivity contribution in [3.05, 3.63) is 41.0 Å². The molecule has 0 bridgehead atoms. The molecule has 1 aromatic carbocycles. The van der Waals surface area contributed by atoms with Crippen LogP contribution in [0.15, 0.2) is 24.3 Å². The molecule has 0 fully saturated rings. The smallest absolute Gasteiger partial charge is 0.00141 e. The molecule has 1 N–H and O–H groups in total. The summed E-state index contributed by atoms with van der Waals surface area (Å²) in [6.45, 7) is 10.9. The Balaban J connectivity index is 2.56. The van der Waals surface area contributed by atoms with E-state index in [4.69, 9.17) is 0 Å². The van der Waals surface area contributed by atoms with Gasteiger partial charge in [0.1, 0.15) is 0 Å². The molecule has 0 aromatic heterocycles. The van der Waals surface area contributed by atoms with Crippen molar-refractivity contribution in [1.29, 1.82) is 0 Å². The fourth-order valence-electron chi connectivity index (χ4n) is 2.06. The van der Waals surface area contributed by atoms with E-state index in [1.807, 2.05) is 0 Å². The molecule has 0 atom stereocenters. The predicted molar refractivity (Wildman–Crippen MR) is 77.3 cm³/mol. The number of hydrogen-bond acceptors (Lipinski definition) is 1. The lowest BCUT2D eigenvalue weighted by Gasteiger charge is -2.07. The van der Waals surface area contributed by atoms with Gasteiger partial charge in [-0.3, -0.25) is 0 Å². The zero-order valence-electron chi connectivity index (χ0n) is 11.6. The van der Waals surface area contributed by atoms with Gasteiger partial charge in [0, 0.05) is 0 Å². The topological polar surface area (TPSA) is 12.0 Å². The molecule has 0 aliphatic rings. The van der Waals surface area contributed by atoms with Crippen LogP contribution in [0.25, 0.3) is 5.57 Å². The molecule has 94 valence electrons. The molecule has 0 saturated heterocycles. The maximum Gasteiger partial charge on any atom is -0.00141 e. The van der Waals surface area contributed by atoms with Crippen LogP contribution < -0.4 is 5.32 Å². The van der Waals surface area contributed by atoms with Gasteiger partial charge in [-0.2, -0.15) is 0 Å². The first kappa shape index (κ1) is 14.0. The summed E-state index contributed by atoms with van der Waals surface area (Å²) in [6, 6.07) is 6.67. The van der Waals surface area contributed by atoms with Gasteiger partial charge in [0.2, 0.25) is 0 Å². The molecule has 1 nitrogen and oxygen atoms in total. The molecule has 1 heteroatoms. The molecular formula is C16H25N. The van der Waals surface area contributed by atoms with E-state index in [0.717, 1.165) is 19.5 Å². The lowest BCUT2D eigenvalue weighted by molar-refractivity contribution is 0.678. The largest absolute Gasteiger partial charge is 0.316 e. The Bertz CT molecular complexity index is 377. The van der Waals surface area contributed by atoms with Gasteiger partial charge in [-0.15, -0.1) is 0 Å². The zero-order chi connectivity index (χ0) is 12.7. The highest BCUT2D eigenvalue weighted by Gasteiger charge is 1.99. The SMILES string of the molecule is CCCNCCC=C(C)c1ccc(C)cc1C. The highest BCUT2D eigenvalue weighted by Crippen LogP contribution is 2.19. The fraction of sp³-hybridized carbons (Fsp3) is 0.500. The van der Waals surface area contributed by atoms with Gasteiger partial charge < -0.3 is 5.32 Å². The Morgan fingerprint density at radius 1 is 1.24 bits per heavy atom. The first-order chi connectivity index (χ1) is 8.15. The molecule has 1 rings (SSSR count). The van der Waals surface area contributed by atoms with Crippen molar-refractivity contribution in [3.8, 4) is 0 Å². The highest BCUT2D eigenvalue weighted by molar-refractivity contribution is 5.66. The molecule has 0 aliphatic carbocycles. The number of aryl methyl sites for hydroxylation is 2. The normalized spacial score (nSPS) is 11.9. The van der Waals surface area contributed by atoms with E-state index in [0.29, 0.717) is 0 Å². The van der Waals surface area contributed by atoms with E-state index in [1.54, 1.807) is 0 Å². The average Bonchev–Trinajstić information content (AvgIpc) is 2.28. The van der Waals surface area contributed by atoms with Crippen LogP contribution in [0.1, 0.15) is 43.4 Å². The van der Waals surface area contributed by atoms with Crippen molar-refractivity contribution in [1.82, 2.24) is 5.32 Å². The average molecular weight is 231 g/mol. The summed E-state index contributed by atoms with van der Waals surface area (Å²) in [5, 5.41) is 3.42. The Morgan fingerprint density at radius 3 is 2.65 bits per heavy atom. The minimum Gasteiger partial charge on any atom is -0.316 e. The standard InChI is InChI=1S/C16H25N/c1-5-10-17-11-6-7-14(3)16-9-8-13(2)12-15(16)4/h7-9,12,17H,5-6,10-11H2,1-4H3. The molecule has 1 aromatic rings. The lowest BCUT2D eigenvalue weighted by atomic mass is 9.99. The summed E-state index contributed by atoms with van der Waals surface area (Å²) in [5.74, 6) is 0. The molecule has 0 heterocycles. The van der Waals surface area contributed by atoms with Crippen molar-refractivity contribution in [2.75, 3.05) is 13.1 Å². The third kappa shape index (κ3) is 4.74. The van der Waals surface area contributed by atoms with Crippen LogP contribution in [0.3, 0.4) is 0 Å². The first-order valence-electron chi connectivity index (χ1n) is 6.60. The Hall–Kier alpha value is -1.08. The summed E-state index contributed by atoms with van der Waals surface area (Å²) < 4.78 is 0. The van der Waals surface area contributed by atoms with E-state index >= 15 is 0 Å². The Morgan fingerprint density at radius 2 is 2.00 bits per heavy atom. The molecule has 0 amide bonds. The van der Waals surface area contributed by atoms with Gasteiger partial charge in [0.15, 0.2) is 0 Å². The summed E-state index contributed by atoms with van der Waals surface area (Å²) >= 11 is 0. The van der Waals surface area contributed by atoms with Crippen LogP contribution in [0.2, 0.25) is 0 Å². The summed E-state index contributed by atoms with van der Waals surface area (Å²) in [4.78, 5) is 0. The van der Waals surface area contributed by atoms with E-state index < -0.39 is 0 Å². The Labute approximate surface area is 106 Å². The zero-order valence-corrected chi connectivity index (χ0v) is 11.6. The van der Waals surface area contributed by atoms with Crippen molar-refractivity contribution in [2.45, 2.75) is 40.5 Å². The highest BCUT2D eigenvalue weighted by atomic mass is 14.8. The van der Waals surface area contributed by atoms with Gasteiger partial charge in [-0.05, 0) is 63.4 Å². The second-order valence-electron chi connectivity index (χ2n) is 4.74. The molecule has 0 unspecified atom stereocenters.